The van der Waals surface area contributed by atoms with E-state index >= 15 is 0 Å². The second kappa shape index (κ2) is 13.5. The quantitative estimate of drug-likeness (QED) is 0.0679. The van der Waals surface area contributed by atoms with E-state index in [-0.39, 0.29) is 17.3 Å². The first kappa shape index (κ1) is 33.4. The van der Waals surface area contributed by atoms with Crippen molar-refractivity contribution in [3.8, 4) is 0 Å². The van der Waals surface area contributed by atoms with Crippen molar-refractivity contribution in [3.05, 3.63) is 107 Å². The van der Waals surface area contributed by atoms with Crippen LogP contribution in [0.25, 0.3) is 43.1 Å². The van der Waals surface area contributed by atoms with E-state index in [9.17, 15) is 19.2 Å². The number of hydrogen-bond donors (Lipinski definition) is 1. The molecular formula is C36H35BNO6. The van der Waals surface area contributed by atoms with Gasteiger partial charge in [0.1, 0.15) is 0 Å². The number of nitrogens with two attached hydrogens (primary N) is 1. The zero-order valence-corrected chi connectivity index (χ0v) is 24.3. The molecule has 0 fully saturated rings. The Morgan fingerprint density at radius 1 is 0.500 bits per heavy atom. The van der Waals surface area contributed by atoms with Crippen LogP contribution in [0.2, 0.25) is 0 Å². The van der Waals surface area contributed by atoms with Crippen LogP contribution >= 0.6 is 0 Å². The van der Waals surface area contributed by atoms with Crippen molar-refractivity contribution < 1.29 is 30.1 Å². The number of cyclic esters (lactones) is 4. The molecule has 2 N–H and O–H groups in total. The van der Waals surface area contributed by atoms with Gasteiger partial charge in [-0.1, -0.05) is 89.7 Å². The Labute approximate surface area is 259 Å². The van der Waals surface area contributed by atoms with Crippen LogP contribution in [0.15, 0.2) is 78.9 Å². The number of hydrogen-bond acceptors (Lipinski definition) is 7. The van der Waals surface area contributed by atoms with Crippen molar-refractivity contribution in [2.75, 3.05) is 0 Å². The van der Waals surface area contributed by atoms with Crippen LogP contribution in [-0.2, 0) is 16.0 Å². The molecule has 8 heteroatoms. The van der Waals surface area contributed by atoms with Crippen LogP contribution in [0.3, 0.4) is 0 Å². The first-order valence-corrected chi connectivity index (χ1v) is 13.9. The van der Waals surface area contributed by atoms with Crippen molar-refractivity contribution >= 4 is 75.4 Å². The Balaban J connectivity index is 0.000000408. The van der Waals surface area contributed by atoms with Gasteiger partial charge in [0.05, 0.1) is 22.3 Å². The van der Waals surface area contributed by atoms with E-state index in [4.69, 9.17) is 15.2 Å². The molecule has 0 atom stereocenters. The van der Waals surface area contributed by atoms with Gasteiger partial charge in [0, 0.05) is 27.2 Å². The van der Waals surface area contributed by atoms with Crippen LogP contribution < -0.4 is 5.73 Å². The Morgan fingerprint density at radius 2 is 0.795 bits per heavy atom. The molecule has 6 aromatic rings. The Kier molecular flexibility index (Phi) is 10.2. The van der Waals surface area contributed by atoms with Gasteiger partial charge in [-0.25, -0.2) is 19.2 Å². The number of fused-ring (bicyclic) bond motifs is 2. The molecule has 3 radical (unpaired) electrons. The third-order valence-corrected chi connectivity index (χ3v) is 7.23. The highest BCUT2D eigenvalue weighted by Gasteiger charge is 2.32. The van der Waals surface area contributed by atoms with Gasteiger partial charge < -0.3 is 15.2 Å². The van der Waals surface area contributed by atoms with Gasteiger partial charge in [0.2, 0.25) is 0 Å². The van der Waals surface area contributed by atoms with E-state index in [1.54, 1.807) is 24.3 Å². The van der Waals surface area contributed by atoms with E-state index in [0.717, 1.165) is 32.3 Å². The lowest BCUT2D eigenvalue weighted by Gasteiger charge is -2.22. The summed E-state index contributed by atoms with van der Waals surface area (Å²) in [4.78, 5) is 49.3. The Hall–Kier alpha value is -5.08. The molecule has 2 heterocycles. The van der Waals surface area contributed by atoms with E-state index in [0.29, 0.717) is 39.6 Å². The molecule has 0 bridgehead atoms. The van der Waals surface area contributed by atoms with Gasteiger partial charge in [-0.05, 0) is 62.1 Å². The van der Waals surface area contributed by atoms with Crippen LogP contribution in [0, 0.1) is 0 Å². The summed E-state index contributed by atoms with van der Waals surface area (Å²) in [5.74, 6) is -2.66. The minimum atomic E-state index is -0.666. The second-order valence-electron chi connectivity index (χ2n) is 9.19. The third-order valence-electron chi connectivity index (χ3n) is 7.23. The molecule has 2 aliphatic rings. The largest absolute Gasteiger partial charge is 0.386 e. The van der Waals surface area contributed by atoms with Gasteiger partial charge in [0.15, 0.2) is 0 Å². The number of carbonyl (C=O) groups is 4. The molecule has 6 aromatic carbocycles. The minimum Gasteiger partial charge on any atom is -0.386 e. The topological polar surface area (TPSA) is 113 Å². The molecule has 0 saturated heterocycles. The summed E-state index contributed by atoms with van der Waals surface area (Å²) < 4.78 is 9.74. The van der Waals surface area contributed by atoms with Gasteiger partial charge in [0.25, 0.3) is 0 Å². The fourth-order valence-corrected chi connectivity index (χ4v) is 5.57. The molecule has 2 aliphatic heterocycles. The van der Waals surface area contributed by atoms with Crippen molar-refractivity contribution in [2.45, 2.75) is 41.7 Å². The van der Waals surface area contributed by atoms with Crippen molar-refractivity contribution in [3.63, 3.8) is 0 Å². The summed E-state index contributed by atoms with van der Waals surface area (Å²) in [5, 5.41) is 6.03. The van der Waals surface area contributed by atoms with Gasteiger partial charge in [-0.15, -0.1) is 0 Å². The van der Waals surface area contributed by atoms with E-state index in [1.807, 2.05) is 82.3 Å². The monoisotopic (exact) mass is 589 g/mol. The summed E-state index contributed by atoms with van der Waals surface area (Å²) in [6, 6.07) is 23.9. The number of ether oxygens (including phenoxy) is 2. The number of benzene rings is 6. The molecule has 7 nitrogen and oxygen atoms in total. The molecular weight excluding hydrogens is 553 g/mol. The molecule has 0 saturated carbocycles. The van der Waals surface area contributed by atoms with Crippen LogP contribution in [0.5, 0.6) is 0 Å². The van der Waals surface area contributed by atoms with E-state index < -0.39 is 23.9 Å². The average Bonchev–Trinajstić information content (AvgIpc) is 3.04. The van der Waals surface area contributed by atoms with Gasteiger partial charge in [-0.3, -0.25) is 0 Å². The highest BCUT2D eigenvalue weighted by molar-refractivity contribution is 6.39. The summed E-state index contributed by atoms with van der Waals surface area (Å²) in [7, 11) is 0. The van der Waals surface area contributed by atoms with E-state index in [1.165, 1.54) is 5.56 Å². The zero-order valence-electron chi connectivity index (χ0n) is 24.3. The smallest absolute Gasteiger partial charge is 0.346 e. The lowest BCUT2D eigenvalue weighted by atomic mass is 9.83. The molecule has 0 spiro atoms. The predicted molar refractivity (Wildman–Crippen MR) is 179 cm³/mol. The van der Waals surface area contributed by atoms with Crippen molar-refractivity contribution in [2.24, 2.45) is 5.73 Å². The fourth-order valence-electron chi connectivity index (χ4n) is 5.57. The molecule has 0 aliphatic carbocycles. The minimum absolute atomic E-state index is 0. The zero-order chi connectivity index (χ0) is 30.1. The first-order chi connectivity index (χ1) is 20.5. The van der Waals surface area contributed by atoms with Gasteiger partial charge in [-0.2, -0.15) is 0 Å². The molecule has 0 aromatic heterocycles. The Morgan fingerprint density at radius 3 is 1.05 bits per heavy atom. The highest BCUT2D eigenvalue weighted by Crippen LogP contribution is 2.45. The SMILES string of the molecule is C.CC.CC.NCc1ccccc1.O=C1OC(=O)c2ccc3c4ccc5c6c(ccc(c7ccc1c2c73)c64)C(=O)OC5=O.[2HH].[B]. The summed E-state index contributed by atoms with van der Waals surface area (Å²) in [5.41, 5.74) is 7.92. The van der Waals surface area contributed by atoms with Gasteiger partial charge >= 0.3 is 23.9 Å². The normalized spacial score (nSPS) is 12.5. The second-order valence-corrected chi connectivity index (χ2v) is 9.19. The third kappa shape index (κ3) is 5.07. The van der Waals surface area contributed by atoms with Crippen LogP contribution in [0.1, 0.15) is 83.5 Å². The lowest BCUT2D eigenvalue weighted by molar-refractivity contribution is 0.0373. The molecule has 8 rings (SSSR count). The maximum Gasteiger partial charge on any atom is 0.346 e. The molecule has 44 heavy (non-hydrogen) atoms. The van der Waals surface area contributed by atoms with E-state index in [2.05, 4.69) is 0 Å². The first-order valence-electron chi connectivity index (χ1n) is 13.9. The number of carbonyl (C=O) groups excluding carboxylic acids is 4. The maximum absolute atomic E-state index is 12.3. The van der Waals surface area contributed by atoms with Crippen LogP contribution in [-0.4, -0.2) is 32.3 Å². The number of rotatable bonds is 1. The molecule has 0 unspecified atom stereocenters. The average molecular weight is 589 g/mol. The predicted octanol–water partition coefficient (Wildman–Crippen LogP) is 8.06. The maximum atomic E-state index is 12.3. The number of esters is 4. The van der Waals surface area contributed by atoms with Crippen molar-refractivity contribution in [1.29, 1.82) is 0 Å². The Bertz CT molecular complexity index is 1800. The van der Waals surface area contributed by atoms with Crippen LogP contribution in [0.4, 0.5) is 0 Å². The summed E-state index contributed by atoms with van der Waals surface area (Å²) in [6.45, 7) is 8.64. The summed E-state index contributed by atoms with van der Waals surface area (Å²) in [6.07, 6.45) is 0. The standard InChI is InChI=1S/C24H8O6.C7H9N.2C2H6.CH4.B.H2/c25-21-13-5-1-9-10-2-6-15-20-16(24(28)30-23(15)27)8-4-12(18(10)20)11-3-7-14(22(26)29-21)19(13)17(9)11;8-6-7-4-2-1-3-5-7;2*1-2;;;/h1-8H;1-5H,6,8H2;2*1-2H3;1H4;;1H/i;;;;;;1+1. The lowest BCUT2D eigenvalue weighted by Crippen LogP contribution is -2.20. The summed E-state index contributed by atoms with van der Waals surface area (Å²) >= 11 is 0. The molecule has 0 amide bonds. The fraction of sp³-hybridized carbons (Fsp3) is 0.167. The highest BCUT2D eigenvalue weighted by atomic mass is 16.6. The van der Waals surface area contributed by atoms with Crippen molar-refractivity contribution in [1.82, 2.24) is 0 Å². The molecule has 223 valence electrons.